The van der Waals surface area contributed by atoms with Crippen molar-refractivity contribution in [3.05, 3.63) is 59.2 Å². The van der Waals surface area contributed by atoms with E-state index < -0.39 is 0 Å². The summed E-state index contributed by atoms with van der Waals surface area (Å²) in [7, 11) is 0. The van der Waals surface area contributed by atoms with E-state index in [0.29, 0.717) is 5.56 Å². The Hall–Kier alpha value is -2.66. The van der Waals surface area contributed by atoms with E-state index in [1.54, 1.807) is 6.07 Å². The minimum atomic E-state index is -0.207. The summed E-state index contributed by atoms with van der Waals surface area (Å²) in [6.45, 7) is 11.7. The molecule has 0 unspecified atom stereocenters. The fraction of sp³-hybridized carbons (Fsp3) is 0.318. The summed E-state index contributed by atoms with van der Waals surface area (Å²) in [5, 5.41) is 9.38. The largest absolute Gasteiger partial charge is 0.361 e. The van der Waals surface area contributed by atoms with Crippen LogP contribution in [-0.4, -0.2) is 21.3 Å². The third-order valence-electron chi connectivity index (χ3n) is 5.59. The molecule has 27 heavy (non-hydrogen) atoms. The fourth-order valence-corrected chi connectivity index (χ4v) is 3.91. The number of nitrogens with one attached hydrogen (secondary N) is 2. The minimum Gasteiger partial charge on any atom is -0.361 e. The molecule has 1 aliphatic heterocycles. The van der Waals surface area contributed by atoms with Gasteiger partial charge in [0.05, 0.1) is 22.6 Å². The van der Waals surface area contributed by atoms with E-state index in [-0.39, 0.29) is 5.82 Å². The van der Waals surface area contributed by atoms with Crippen molar-refractivity contribution in [1.82, 2.24) is 20.1 Å². The van der Waals surface area contributed by atoms with Crippen molar-refractivity contribution in [2.75, 3.05) is 6.54 Å². The third-order valence-corrected chi connectivity index (χ3v) is 5.59. The number of benzene rings is 1. The number of nitrogens with zero attached hydrogens (tertiary/aromatic N) is 2. The molecule has 1 aliphatic rings. The molecule has 0 fully saturated rings. The third kappa shape index (κ3) is 2.73. The van der Waals surface area contributed by atoms with E-state index in [4.69, 9.17) is 5.10 Å². The second-order valence-electron chi connectivity index (χ2n) is 7.13. The summed E-state index contributed by atoms with van der Waals surface area (Å²) < 4.78 is 16.7. The molecular formula is C22H25FN4. The standard InChI is InChI=1S/C22H25FN4/c1-5-13(3)20(6-2)27-22(17-12-24-9-8-19(17)26-27)16-11-18(23)14(4)21-15(16)7-10-25-21/h6-7,10-11,24-25H,2,5,8-9,12H2,1,3-4H3/b20-13-. The number of allylic oxidation sites excluding steroid dienone is 3. The molecule has 4 rings (SSSR count). The van der Waals surface area contributed by atoms with E-state index >= 15 is 0 Å². The molecule has 2 N–H and O–H groups in total. The van der Waals surface area contributed by atoms with Crippen LogP contribution in [0.3, 0.4) is 0 Å². The van der Waals surface area contributed by atoms with Crippen molar-refractivity contribution in [2.45, 2.75) is 40.2 Å². The first kappa shape index (κ1) is 17.7. The molecule has 0 saturated heterocycles. The Kier molecular flexibility index (Phi) is 4.48. The van der Waals surface area contributed by atoms with Crippen LogP contribution in [0.25, 0.3) is 27.9 Å². The van der Waals surface area contributed by atoms with Crippen molar-refractivity contribution >= 4 is 16.6 Å². The topological polar surface area (TPSA) is 45.6 Å². The highest BCUT2D eigenvalue weighted by Gasteiger charge is 2.25. The van der Waals surface area contributed by atoms with Gasteiger partial charge in [-0.2, -0.15) is 5.10 Å². The summed E-state index contributed by atoms with van der Waals surface area (Å²) in [4.78, 5) is 3.19. The highest BCUT2D eigenvalue weighted by atomic mass is 19.1. The molecule has 1 aromatic carbocycles. The van der Waals surface area contributed by atoms with Crippen LogP contribution in [-0.2, 0) is 13.0 Å². The van der Waals surface area contributed by atoms with Gasteiger partial charge in [0.1, 0.15) is 5.82 Å². The predicted molar refractivity (Wildman–Crippen MR) is 109 cm³/mol. The van der Waals surface area contributed by atoms with Crippen LogP contribution in [0.5, 0.6) is 0 Å². The van der Waals surface area contributed by atoms with Crippen LogP contribution in [0.2, 0.25) is 0 Å². The molecule has 0 spiro atoms. The number of fused-ring (bicyclic) bond motifs is 2. The highest BCUT2D eigenvalue weighted by Crippen LogP contribution is 2.37. The lowest BCUT2D eigenvalue weighted by atomic mass is 9.97. The zero-order chi connectivity index (χ0) is 19.1. The average molecular weight is 364 g/mol. The number of rotatable bonds is 4. The van der Waals surface area contributed by atoms with Crippen LogP contribution in [0.1, 0.15) is 37.1 Å². The number of halogens is 1. The van der Waals surface area contributed by atoms with Crippen molar-refractivity contribution in [3.63, 3.8) is 0 Å². The maximum Gasteiger partial charge on any atom is 0.128 e. The lowest BCUT2D eigenvalue weighted by Gasteiger charge is -2.16. The van der Waals surface area contributed by atoms with E-state index in [2.05, 4.69) is 30.7 Å². The van der Waals surface area contributed by atoms with Gasteiger partial charge in [0, 0.05) is 47.8 Å². The summed E-state index contributed by atoms with van der Waals surface area (Å²) in [6.07, 6.45) is 5.50. The number of hydrogen-bond donors (Lipinski definition) is 2. The summed E-state index contributed by atoms with van der Waals surface area (Å²) in [6, 6.07) is 3.66. The summed E-state index contributed by atoms with van der Waals surface area (Å²) in [5.41, 5.74) is 7.72. The average Bonchev–Trinajstić information content (AvgIpc) is 3.30. The molecule has 0 saturated carbocycles. The Morgan fingerprint density at radius 1 is 1.44 bits per heavy atom. The molecule has 0 bridgehead atoms. The van der Waals surface area contributed by atoms with Crippen molar-refractivity contribution in [3.8, 4) is 11.3 Å². The molecule has 0 aliphatic carbocycles. The second kappa shape index (κ2) is 6.82. The van der Waals surface area contributed by atoms with E-state index in [9.17, 15) is 4.39 Å². The molecule has 3 aromatic rings. The maximum absolute atomic E-state index is 14.8. The fourth-order valence-electron chi connectivity index (χ4n) is 3.91. The first-order valence-corrected chi connectivity index (χ1v) is 9.47. The van der Waals surface area contributed by atoms with Gasteiger partial charge in [0.2, 0.25) is 0 Å². The van der Waals surface area contributed by atoms with Gasteiger partial charge in [-0.05, 0) is 44.1 Å². The normalized spacial score (nSPS) is 15.0. The van der Waals surface area contributed by atoms with Gasteiger partial charge < -0.3 is 10.3 Å². The lowest BCUT2D eigenvalue weighted by molar-refractivity contribution is 0.620. The molecule has 0 atom stereocenters. The number of aromatic nitrogens is 3. The molecule has 4 nitrogen and oxygen atoms in total. The van der Waals surface area contributed by atoms with E-state index in [0.717, 1.165) is 65.0 Å². The van der Waals surface area contributed by atoms with Crippen LogP contribution in [0, 0.1) is 12.7 Å². The summed E-state index contributed by atoms with van der Waals surface area (Å²) >= 11 is 0. The van der Waals surface area contributed by atoms with Gasteiger partial charge in [-0.15, -0.1) is 0 Å². The molecule has 5 heteroatoms. The number of hydrogen-bond acceptors (Lipinski definition) is 2. The van der Waals surface area contributed by atoms with Crippen molar-refractivity contribution in [1.29, 1.82) is 0 Å². The van der Waals surface area contributed by atoms with Crippen LogP contribution in [0.15, 0.2) is 36.6 Å². The number of aromatic amines is 1. The Morgan fingerprint density at radius 2 is 2.26 bits per heavy atom. The zero-order valence-corrected chi connectivity index (χ0v) is 16.1. The quantitative estimate of drug-likeness (QED) is 0.643. The molecule has 0 amide bonds. The van der Waals surface area contributed by atoms with E-state index in [1.165, 1.54) is 5.57 Å². The Morgan fingerprint density at radius 3 is 3.00 bits per heavy atom. The Balaban J connectivity index is 2.10. The molecule has 2 aromatic heterocycles. The molecular weight excluding hydrogens is 339 g/mol. The predicted octanol–water partition coefficient (Wildman–Crippen LogP) is 4.95. The molecule has 3 heterocycles. The van der Waals surface area contributed by atoms with Gasteiger partial charge in [-0.25, -0.2) is 9.07 Å². The van der Waals surface area contributed by atoms with Gasteiger partial charge in [-0.1, -0.05) is 13.5 Å². The smallest absolute Gasteiger partial charge is 0.128 e. The number of aryl methyl sites for hydroxylation is 1. The Labute approximate surface area is 158 Å². The van der Waals surface area contributed by atoms with Gasteiger partial charge in [0.15, 0.2) is 0 Å². The summed E-state index contributed by atoms with van der Waals surface area (Å²) in [5.74, 6) is -0.207. The van der Waals surface area contributed by atoms with Crippen LogP contribution >= 0.6 is 0 Å². The molecule has 140 valence electrons. The van der Waals surface area contributed by atoms with Crippen LogP contribution < -0.4 is 5.32 Å². The lowest BCUT2D eigenvalue weighted by Crippen LogP contribution is -2.23. The van der Waals surface area contributed by atoms with Crippen molar-refractivity contribution < 1.29 is 4.39 Å². The highest BCUT2D eigenvalue weighted by molar-refractivity contribution is 5.97. The van der Waals surface area contributed by atoms with Crippen molar-refractivity contribution in [2.24, 2.45) is 0 Å². The first-order chi connectivity index (χ1) is 13.1. The first-order valence-electron chi connectivity index (χ1n) is 9.47. The van der Waals surface area contributed by atoms with E-state index in [1.807, 2.05) is 29.9 Å². The SMILES string of the molecule is C=C/C(=C(\C)CC)n1nc2c(c1-c1cc(F)c(C)c3[nH]ccc13)CNCC2. The second-order valence-corrected chi connectivity index (χ2v) is 7.13. The van der Waals surface area contributed by atoms with Gasteiger partial charge >= 0.3 is 0 Å². The zero-order valence-electron chi connectivity index (χ0n) is 16.1. The van der Waals surface area contributed by atoms with Gasteiger partial charge in [0.25, 0.3) is 0 Å². The number of H-pyrrole nitrogens is 1. The van der Waals surface area contributed by atoms with Crippen LogP contribution in [0.4, 0.5) is 4.39 Å². The maximum atomic E-state index is 14.8. The molecule has 0 radical (unpaired) electrons. The minimum absolute atomic E-state index is 0.207. The Bertz CT molecular complexity index is 1070. The monoisotopic (exact) mass is 364 g/mol. The van der Waals surface area contributed by atoms with Gasteiger partial charge in [-0.3, -0.25) is 0 Å².